The molecule has 0 saturated carbocycles. The highest BCUT2D eigenvalue weighted by molar-refractivity contribution is 5.79. The van der Waals surface area contributed by atoms with Crippen LogP contribution < -0.4 is 4.74 Å². The largest absolute Gasteiger partial charge is 0.435 e. The van der Waals surface area contributed by atoms with E-state index < -0.39 is 6.61 Å². The van der Waals surface area contributed by atoms with Crippen LogP contribution >= 0.6 is 0 Å². The van der Waals surface area contributed by atoms with Crippen LogP contribution in [0.15, 0.2) is 29.4 Å². The Hall–Kier alpha value is -1.65. The van der Waals surface area contributed by atoms with Gasteiger partial charge < -0.3 is 9.94 Å². The summed E-state index contributed by atoms with van der Waals surface area (Å²) in [7, 11) is 0. The monoisotopic (exact) mass is 187 g/mol. The Labute approximate surface area is 73.2 Å². The van der Waals surface area contributed by atoms with Crippen molar-refractivity contribution in [3.05, 3.63) is 29.8 Å². The molecule has 0 aliphatic carbocycles. The van der Waals surface area contributed by atoms with Gasteiger partial charge in [-0.05, 0) is 17.7 Å². The Morgan fingerprint density at radius 3 is 2.85 bits per heavy atom. The molecule has 1 aromatic rings. The van der Waals surface area contributed by atoms with Crippen LogP contribution in [-0.4, -0.2) is 18.0 Å². The van der Waals surface area contributed by atoms with Crippen molar-refractivity contribution in [1.82, 2.24) is 0 Å². The first kappa shape index (κ1) is 9.44. The lowest BCUT2D eigenvalue weighted by atomic mass is 10.2. The van der Waals surface area contributed by atoms with Crippen LogP contribution in [0.2, 0.25) is 0 Å². The van der Waals surface area contributed by atoms with Gasteiger partial charge in [-0.3, -0.25) is 0 Å². The third-order valence-electron chi connectivity index (χ3n) is 1.29. The van der Waals surface area contributed by atoms with E-state index in [1.54, 1.807) is 6.07 Å². The summed E-state index contributed by atoms with van der Waals surface area (Å²) in [6.45, 7) is -2.85. The van der Waals surface area contributed by atoms with Crippen molar-refractivity contribution >= 4 is 6.21 Å². The van der Waals surface area contributed by atoms with Gasteiger partial charge in [-0.2, -0.15) is 8.78 Å². The summed E-state index contributed by atoms with van der Waals surface area (Å²) in [5.74, 6) is 0.0346. The molecule has 1 aromatic carbocycles. The minimum Gasteiger partial charge on any atom is -0.435 e. The van der Waals surface area contributed by atoms with Gasteiger partial charge in [0.05, 0.1) is 6.21 Å². The number of benzene rings is 1. The molecule has 0 aliphatic rings. The molecule has 0 heterocycles. The third kappa shape index (κ3) is 3.06. The summed E-state index contributed by atoms with van der Waals surface area (Å²) < 4.78 is 27.6. The zero-order valence-corrected chi connectivity index (χ0v) is 6.52. The SMILES string of the molecule is O/N=C/c1cccc(OC(F)F)c1. The average Bonchev–Trinajstić information content (AvgIpc) is 2.04. The zero-order chi connectivity index (χ0) is 9.68. The number of hydrogen-bond donors (Lipinski definition) is 1. The van der Waals surface area contributed by atoms with Gasteiger partial charge in [0.1, 0.15) is 5.75 Å². The molecule has 0 aliphatic heterocycles. The van der Waals surface area contributed by atoms with Crippen molar-refractivity contribution in [2.45, 2.75) is 6.61 Å². The van der Waals surface area contributed by atoms with Gasteiger partial charge >= 0.3 is 6.61 Å². The molecule has 0 bridgehead atoms. The fourth-order valence-electron chi connectivity index (χ4n) is 0.838. The molecule has 1 rings (SSSR count). The molecule has 0 spiro atoms. The molecular weight excluding hydrogens is 180 g/mol. The third-order valence-corrected chi connectivity index (χ3v) is 1.29. The standard InChI is InChI=1S/C8H7F2NO2/c9-8(10)13-7-3-1-2-6(4-7)5-11-12/h1-5,8,12H/b11-5+. The Morgan fingerprint density at radius 2 is 2.23 bits per heavy atom. The number of oxime groups is 1. The topological polar surface area (TPSA) is 41.8 Å². The highest BCUT2D eigenvalue weighted by atomic mass is 19.3. The van der Waals surface area contributed by atoms with E-state index in [4.69, 9.17) is 5.21 Å². The van der Waals surface area contributed by atoms with E-state index in [1.165, 1.54) is 18.2 Å². The average molecular weight is 187 g/mol. The Balaban J connectivity index is 2.79. The molecule has 0 aromatic heterocycles. The van der Waals surface area contributed by atoms with Crippen molar-refractivity contribution in [3.63, 3.8) is 0 Å². The number of alkyl halides is 2. The molecule has 0 atom stereocenters. The van der Waals surface area contributed by atoms with Gasteiger partial charge in [-0.15, -0.1) is 0 Å². The zero-order valence-electron chi connectivity index (χ0n) is 6.52. The number of rotatable bonds is 3. The van der Waals surface area contributed by atoms with E-state index in [0.29, 0.717) is 5.56 Å². The molecule has 0 unspecified atom stereocenters. The molecule has 13 heavy (non-hydrogen) atoms. The maximum Gasteiger partial charge on any atom is 0.387 e. The second-order valence-corrected chi connectivity index (χ2v) is 2.20. The maximum absolute atomic E-state index is 11.7. The molecule has 0 radical (unpaired) electrons. The summed E-state index contributed by atoms with van der Waals surface area (Å²) in [5.41, 5.74) is 0.487. The number of hydrogen-bond acceptors (Lipinski definition) is 3. The lowest BCUT2D eigenvalue weighted by molar-refractivity contribution is -0.0498. The Bertz CT molecular complexity index is 302. The molecule has 0 saturated heterocycles. The normalized spacial score (nSPS) is 11.0. The van der Waals surface area contributed by atoms with Crippen LogP contribution in [0.3, 0.4) is 0 Å². The first-order valence-electron chi connectivity index (χ1n) is 3.44. The molecule has 70 valence electrons. The second-order valence-electron chi connectivity index (χ2n) is 2.20. The van der Waals surface area contributed by atoms with Gasteiger partial charge in [-0.1, -0.05) is 17.3 Å². The first-order valence-corrected chi connectivity index (χ1v) is 3.44. The van der Waals surface area contributed by atoms with Crippen LogP contribution in [0, 0.1) is 0 Å². The highest BCUT2D eigenvalue weighted by Gasteiger charge is 2.03. The van der Waals surface area contributed by atoms with Crippen molar-refractivity contribution in [2.24, 2.45) is 5.16 Å². The molecular formula is C8H7F2NO2. The van der Waals surface area contributed by atoms with Crippen LogP contribution in [0.25, 0.3) is 0 Å². The van der Waals surface area contributed by atoms with Gasteiger partial charge in [-0.25, -0.2) is 0 Å². The van der Waals surface area contributed by atoms with E-state index in [1.807, 2.05) is 0 Å². The lowest BCUT2D eigenvalue weighted by Gasteiger charge is -2.03. The summed E-state index contributed by atoms with van der Waals surface area (Å²) in [4.78, 5) is 0. The summed E-state index contributed by atoms with van der Waals surface area (Å²) in [6, 6.07) is 5.85. The second kappa shape index (κ2) is 4.39. The van der Waals surface area contributed by atoms with Crippen molar-refractivity contribution in [3.8, 4) is 5.75 Å². The van der Waals surface area contributed by atoms with Crippen LogP contribution in [0.5, 0.6) is 5.75 Å². The Morgan fingerprint density at radius 1 is 1.46 bits per heavy atom. The van der Waals surface area contributed by atoms with Gasteiger partial charge in [0.15, 0.2) is 0 Å². The summed E-state index contributed by atoms with van der Waals surface area (Å²) in [5, 5.41) is 10.9. The smallest absolute Gasteiger partial charge is 0.387 e. The minimum absolute atomic E-state index is 0.0346. The number of ether oxygens (including phenoxy) is 1. The molecule has 0 fully saturated rings. The molecule has 3 nitrogen and oxygen atoms in total. The van der Waals surface area contributed by atoms with E-state index >= 15 is 0 Å². The van der Waals surface area contributed by atoms with E-state index in [9.17, 15) is 8.78 Å². The van der Waals surface area contributed by atoms with E-state index in [0.717, 1.165) is 6.21 Å². The molecule has 5 heteroatoms. The first-order chi connectivity index (χ1) is 6.22. The Kier molecular flexibility index (Phi) is 3.19. The van der Waals surface area contributed by atoms with Crippen molar-refractivity contribution < 1.29 is 18.7 Å². The van der Waals surface area contributed by atoms with Gasteiger partial charge in [0, 0.05) is 0 Å². The quantitative estimate of drug-likeness (QED) is 0.447. The van der Waals surface area contributed by atoms with E-state index in [-0.39, 0.29) is 5.75 Å². The van der Waals surface area contributed by atoms with Crippen LogP contribution in [0.1, 0.15) is 5.56 Å². The predicted octanol–water partition coefficient (Wildman–Crippen LogP) is 2.10. The molecule has 0 amide bonds. The predicted molar refractivity (Wildman–Crippen MR) is 42.5 cm³/mol. The van der Waals surface area contributed by atoms with Crippen LogP contribution in [-0.2, 0) is 0 Å². The summed E-state index contributed by atoms with van der Waals surface area (Å²) >= 11 is 0. The molecule has 1 N–H and O–H groups in total. The van der Waals surface area contributed by atoms with E-state index in [2.05, 4.69) is 9.89 Å². The van der Waals surface area contributed by atoms with Crippen molar-refractivity contribution in [2.75, 3.05) is 0 Å². The fraction of sp³-hybridized carbons (Fsp3) is 0.125. The lowest BCUT2D eigenvalue weighted by Crippen LogP contribution is -2.01. The maximum atomic E-state index is 11.7. The minimum atomic E-state index is -2.85. The van der Waals surface area contributed by atoms with Crippen molar-refractivity contribution in [1.29, 1.82) is 0 Å². The fourth-order valence-corrected chi connectivity index (χ4v) is 0.838. The van der Waals surface area contributed by atoms with Gasteiger partial charge in [0.2, 0.25) is 0 Å². The highest BCUT2D eigenvalue weighted by Crippen LogP contribution is 2.14. The number of halogens is 2. The van der Waals surface area contributed by atoms with Gasteiger partial charge in [0.25, 0.3) is 0 Å². The number of nitrogens with zero attached hydrogens (tertiary/aromatic N) is 1. The summed E-state index contributed by atoms with van der Waals surface area (Å²) in [6.07, 6.45) is 1.12. The van der Waals surface area contributed by atoms with Crippen LogP contribution in [0.4, 0.5) is 8.78 Å².